The third kappa shape index (κ3) is 3.67. The third-order valence-electron chi connectivity index (χ3n) is 3.84. The van der Waals surface area contributed by atoms with Crippen molar-refractivity contribution in [1.29, 1.82) is 0 Å². The SMILES string of the molecule is CCCNC(c1ccc(F)cn1)c1cc(C)c(C)cc1C. The number of pyridine rings is 1. The Balaban J connectivity index is 2.45. The van der Waals surface area contributed by atoms with E-state index in [0.29, 0.717) is 0 Å². The van der Waals surface area contributed by atoms with E-state index in [4.69, 9.17) is 0 Å². The zero-order valence-electron chi connectivity index (χ0n) is 13.2. The molecule has 1 N–H and O–H groups in total. The van der Waals surface area contributed by atoms with Gasteiger partial charge in [0.25, 0.3) is 0 Å². The van der Waals surface area contributed by atoms with Crippen LogP contribution in [0.1, 0.15) is 47.3 Å². The molecule has 0 fully saturated rings. The summed E-state index contributed by atoms with van der Waals surface area (Å²) in [6.07, 6.45) is 2.33. The molecule has 1 aromatic carbocycles. The predicted octanol–water partition coefficient (Wildman–Crippen LogP) is 4.23. The van der Waals surface area contributed by atoms with Crippen molar-refractivity contribution in [1.82, 2.24) is 10.3 Å². The first-order chi connectivity index (χ1) is 10.0. The summed E-state index contributed by atoms with van der Waals surface area (Å²) in [5.74, 6) is -0.301. The Morgan fingerprint density at radius 3 is 2.43 bits per heavy atom. The highest BCUT2D eigenvalue weighted by molar-refractivity contribution is 5.41. The smallest absolute Gasteiger partial charge is 0.141 e. The molecule has 0 amide bonds. The molecule has 0 bridgehead atoms. The number of hydrogen-bond donors (Lipinski definition) is 1. The minimum absolute atomic E-state index is 0.00449. The minimum Gasteiger partial charge on any atom is -0.305 e. The molecular weight excluding hydrogens is 263 g/mol. The van der Waals surface area contributed by atoms with Gasteiger partial charge in [0.1, 0.15) is 5.82 Å². The van der Waals surface area contributed by atoms with Crippen LogP contribution in [0.4, 0.5) is 4.39 Å². The van der Waals surface area contributed by atoms with Gasteiger partial charge in [-0.05, 0) is 68.1 Å². The molecule has 0 radical (unpaired) electrons. The van der Waals surface area contributed by atoms with Crippen molar-refractivity contribution in [2.45, 2.75) is 40.2 Å². The molecule has 0 aliphatic carbocycles. The molecular formula is C18H23FN2. The highest BCUT2D eigenvalue weighted by Crippen LogP contribution is 2.26. The van der Waals surface area contributed by atoms with Crippen LogP contribution in [0.5, 0.6) is 0 Å². The number of nitrogens with zero attached hydrogens (tertiary/aromatic N) is 1. The highest BCUT2D eigenvalue weighted by Gasteiger charge is 2.17. The largest absolute Gasteiger partial charge is 0.305 e. The predicted molar refractivity (Wildman–Crippen MR) is 85.0 cm³/mol. The number of halogens is 1. The summed E-state index contributed by atoms with van der Waals surface area (Å²) in [6, 6.07) is 7.65. The lowest BCUT2D eigenvalue weighted by Gasteiger charge is -2.22. The van der Waals surface area contributed by atoms with Gasteiger partial charge in [-0.15, -0.1) is 0 Å². The lowest BCUT2D eigenvalue weighted by atomic mass is 9.93. The molecule has 0 saturated carbocycles. The van der Waals surface area contributed by atoms with E-state index in [1.807, 2.05) is 0 Å². The third-order valence-corrected chi connectivity index (χ3v) is 3.84. The summed E-state index contributed by atoms with van der Waals surface area (Å²) in [7, 11) is 0. The average Bonchev–Trinajstić information content (AvgIpc) is 2.46. The van der Waals surface area contributed by atoms with Gasteiger partial charge in [0, 0.05) is 0 Å². The van der Waals surface area contributed by atoms with Crippen molar-refractivity contribution < 1.29 is 4.39 Å². The van der Waals surface area contributed by atoms with Crippen LogP contribution in [-0.2, 0) is 0 Å². The Labute approximate surface area is 126 Å². The van der Waals surface area contributed by atoms with Gasteiger partial charge in [0.05, 0.1) is 17.9 Å². The van der Waals surface area contributed by atoms with Crippen LogP contribution in [0.25, 0.3) is 0 Å². The van der Waals surface area contributed by atoms with Gasteiger partial charge in [-0.2, -0.15) is 0 Å². The molecule has 1 atom stereocenters. The van der Waals surface area contributed by atoms with E-state index >= 15 is 0 Å². The van der Waals surface area contributed by atoms with E-state index in [9.17, 15) is 4.39 Å². The first kappa shape index (κ1) is 15.6. The van der Waals surface area contributed by atoms with Crippen molar-refractivity contribution in [3.8, 4) is 0 Å². The second-order valence-electron chi connectivity index (χ2n) is 5.58. The van der Waals surface area contributed by atoms with Crippen LogP contribution in [0.15, 0.2) is 30.5 Å². The van der Waals surface area contributed by atoms with Crippen LogP contribution in [0.3, 0.4) is 0 Å². The fourth-order valence-electron chi connectivity index (χ4n) is 2.51. The summed E-state index contributed by atoms with van der Waals surface area (Å²) in [5, 5.41) is 3.52. The first-order valence-electron chi connectivity index (χ1n) is 7.45. The molecule has 0 aliphatic heterocycles. The maximum Gasteiger partial charge on any atom is 0.141 e. The Kier molecular flexibility index (Phi) is 5.07. The first-order valence-corrected chi connectivity index (χ1v) is 7.45. The van der Waals surface area contributed by atoms with E-state index in [1.165, 1.54) is 34.5 Å². The van der Waals surface area contributed by atoms with E-state index in [-0.39, 0.29) is 11.9 Å². The summed E-state index contributed by atoms with van der Waals surface area (Å²) >= 11 is 0. The summed E-state index contributed by atoms with van der Waals surface area (Å²) in [6.45, 7) is 9.39. The number of hydrogen-bond acceptors (Lipinski definition) is 2. The van der Waals surface area contributed by atoms with Gasteiger partial charge < -0.3 is 5.32 Å². The van der Waals surface area contributed by atoms with Crippen LogP contribution >= 0.6 is 0 Å². The van der Waals surface area contributed by atoms with Gasteiger partial charge in [-0.25, -0.2) is 4.39 Å². The van der Waals surface area contributed by atoms with E-state index in [0.717, 1.165) is 18.7 Å². The normalized spacial score (nSPS) is 12.4. The van der Waals surface area contributed by atoms with Crippen molar-refractivity contribution in [3.05, 3.63) is 64.2 Å². The van der Waals surface area contributed by atoms with Gasteiger partial charge in [0.15, 0.2) is 0 Å². The fraction of sp³-hybridized carbons (Fsp3) is 0.389. The molecule has 0 spiro atoms. The summed E-state index contributed by atoms with van der Waals surface area (Å²) < 4.78 is 13.1. The zero-order valence-corrected chi connectivity index (χ0v) is 13.2. The monoisotopic (exact) mass is 286 g/mol. The number of aryl methyl sites for hydroxylation is 3. The quantitative estimate of drug-likeness (QED) is 0.889. The lowest BCUT2D eigenvalue weighted by Crippen LogP contribution is -2.25. The molecule has 3 heteroatoms. The number of benzene rings is 1. The van der Waals surface area contributed by atoms with Crippen molar-refractivity contribution in [3.63, 3.8) is 0 Å². The zero-order chi connectivity index (χ0) is 15.4. The highest BCUT2D eigenvalue weighted by atomic mass is 19.1. The molecule has 1 aromatic heterocycles. The maximum atomic E-state index is 13.1. The van der Waals surface area contributed by atoms with E-state index < -0.39 is 0 Å². The Morgan fingerprint density at radius 2 is 1.81 bits per heavy atom. The lowest BCUT2D eigenvalue weighted by molar-refractivity contribution is 0.574. The number of rotatable bonds is 5. The van der Waals surface area contributed by atoms with Crippen LogP contribution in [-0.4, -0.2) is 11.5 Å². The number of nitrogens with one attached hydrogen (secondary N) is 1. The van der Waals surface area contributed by atoms with Crippen molar-refractivity contribution >= 4 is 0 Å². The van der Waals surface area contributed by atoms with Crippen molar-refractivity contribution in [2.75, 3.05) is 6.54 Å². The van der Waals surface area contributed by atoms with Crippen LogP contribution < -0.4 is 5.32 Å². The topological polar surface area (TPSA) is 24.9 Å². The molecule has 2 aromatic rings. The average molecular weight is 286 g/mol. The standard InChI is InChI=1S/C18H23FN2/c1-5-8-20-18(17-7-6-15(19)11-21-17)16-10-13(3)12(2)9-14(16)4/h6-7,9-11,18,20H,5,8H2,1-4H3. The van der Waals surface area contributed by atoms with E-state index in [2.05, 4.69) is 50.1 Å². The van der Waals surface area contributed by atoms with E-state index in [1.54, 1.807) is 6.07 Å². The van der Waals surface area contributed by atoms with Crippen molar-refractivity contribution in [2.24, 2.45) is 0 Å². The van der Waals surface area contributed by atoms with Gasteiger partial charge >= 0.3 is 0 Å². The van der Waals surface area contributed by atoms with Crippen LogP contribution in [0, 0.1) is 26.6 Å². The summed E-state index contributed by atoms with van der Waals surface area (Å²) in [5.41, 5.74) is 5.86. The van der Waals surface area contributed by atoms with Gasteiger partial charge in [-0.3, -0.25) is 4.98 Å². The molecule has 2 rings (SSSR count). The Morgan fingerprint density at radius 1 is 1.10 bits per heavy atom. The molecule has 0 saturated heterocycles. The Hall–Kier alpha value is -1.74. The fourth-order valence-corrected chi connectivity index (χ4v) is 2.51. The Bertz CT molecular complexity index is 605. The molecule has 21 heavy (non-hydrogen) atoms. The molecule has 2 nitrogen and oxygen atoms in total. The second-order valence-corrected chi connectivity index (χ2v) is 5.58. The second kappa shape index (κ2) is 6.81. The molecule has 112 valence electrons. The van der Waals surface area contributed by atoms with Gasteiger partial charge in [0.2, 0.25) is 0 Å². The summed E-state index contributed by atoms with van der Waals surface area (Å²) in [4.78, 5) is 4.26. The molecule has 1 unspecified atom stereocenters. The molecule has 0 aliphatic rings. The number of aromatic nitrogens is 1. The van der Waals surface area contributed by atoms with Gasteiger partial charge in [-0.1, -0.05) is 19.1 Å². The minimum atomic E-state index is -0.301. The molecule has 1 heterocycles. The van der Waals surface area contributed by atoms with Crippen LogP contribution in [0.2, 0.25) is 0 Å². The maximum absolute atomic E-state index is 13.1.